The lowest BCUT2D eigenvalue weighted by molar-refractivity contribution is 0.664. The molecule has 0 amide bonds. The summed E-state index contributed by atoms with van der Waals surface area (Å²) in [6.45, 7) is 0. The molecule has 0 radical (unpaired) electrons. The first-order valence-electron chi connectivity index (χ1n) is 18.8. The molecule has 268 valence electrons. The van der Waals surface area contributed by atoms with Crippen LogP contribution in [0.15, 0.2) is 195 Å². The Balaban J connectivity index is 0.978. The first kappa shape index (κ1) is 33.0. The summed E-state index contributed by atoms with van der Waals surface area (Å²) in [5.74, 6) is 0.596. The molecule has 0 saturated heterocycles. The molecule has 1 N–H and O–H groups in total. The Kier molecular flexibility index (Phi) is 7.76. The first-order valence-corrected chi connectivity index (χ1v) is 19.6. The van der Waals surface area contributed by atoms with Gasteiger partial charge in [-0.15, -0.1) is 11.3 Å². The van der Waals surface area contributed by atoms with Crippen LogP contribution in [0.1, 0.15) is 16.7 Å². The van der Waals surface area contributed by atoms with Crippen molar-refractivity contribution in [3.63, 3.8) is 0 Å². The number of thiophene rings is 1. The molecule has 57 heavy (non-hydrogen) atoms. The molecule has 0 saturated carbocycles. The van der Waals surface area contributed by atoms with Crippen LogP contribution in [-0.2, 0) is 0 Å². The quantitative estimate of drug-likeness (QED) is 0.140. The Hall–Kier alpha value is -7.41. The third kappa shape index (κ3) is 5.82. The second-order valence-electron chi connectivity index (χ2n) is 14.1. The molecule has 11 rings (SSSR count). The molecule has 0 atom stereocenters. The lowest BCUT2D eigenvalue weighted by Crippen LogP contribution is -2.04. The summed E-state index contributed by atoms with van der Waals surface area (Å²) in [6.07, 6.45) is 1.83. The van der Waals surface area contributed by atoms with Gasteiger partial charge in [-0.25, -0.2) is 9.98 Å². The van der Waals surface area contributed by atoms with Crippen LogP contribution in [0.25, 0.3) is 86.3 Å². The molecule has 0 unspecified atom stereocenters. The average Bonchev–Trinajstić information content (AvgIpc) is 3.95. The van der Waals surface area contributed by atoms with E-state index in [0.717, 1.165) is 87.5 Å². The molecule has 11 aromatic rings. The van der Waals surface area contributed by atoms with E-state index < -0.39 is 0 Å². The Labute approximate surface area is 331 Å². The second kappa shape index (κ2) is 13.4. The Morgan fingerprint density at radius 2 is 1.16 bits per heavy atom. The number of fused-ring (bicyclic) bond motifs is 9. The van der Waals surface area contributed by atoms with E-state index in [-0.39, 0.29) is 5.84 Å². The van der Waals surface area contributed by atoms with Crippen LogP contribution in [0, 0.1) is 5.41 Å². The van der Waals surface area contributed by atoms with Crippen LogP contribution in [0.3, 0.4) is 0 Å². The van der Waals surface area contributed by atoms with Gasteiger partial charge in [0.05, 0.1) is 0 Å². The fourth-order valence-corrected chi connectivity index (χ4v) is 8.96. The van der Waals surface area contributed by atoms with E-state index >= 15 is 0 Å². The number of para-hydroxylation sites is 2. The van der Waals surface area contributed by atoms with Gasteiger partial charge in [0.1, 0.15) is 22.3 Å². The van der Waals surface area contributed by atoms with Gasteiger partial charge in [0.25, 0.3) is 0 Å². The summed E-state index contributed by atoms with van der Waals surface area (Å²) in [5.41, 5.74) is 10.1. The lowest BCUT2D eigenvalue weighted by atomic mass is 10.0. The predicted molar refractivity (Wildman–Crippen MR) is 239 cm³/mol. The minimum absolute atomic E-state index is 0.147. The van der Waals surface area contributed by atoms with Gasteiger partial charge in [-0.2, -0.15) is 0 Å². The molecule has 0 spiro atoms. The maximum Gasteiger partial charge on any atom is 0.161 e. The average molecular weight is 750 g/mol. The molecule has 5 nitrogen and oxygen atoms in total. The van der Waals surface area contributed by atoms with E-state index in [4.69, 9.17) is 18.8 Å². The van der Waals surface area contributed by atoms with Crippen molar-refractivity contribution in [1.29, 1.82) is 5.41 Å². The molecular formula is C51H31N3O2S. The summed E-state index contributed by atoms with van der Waals surface area (Å²) < 4.78 is 15.2. The Morgan fingerprint density at radius 1 is 0.474 bits per heavy atom. The third-order valence-electron chi connectivity index (χ3n) is 10.6. The van der Waals surface area contributed by atoms with E-state index in [0.29, 0.717) is 5.84 Å². The van der Waals surface area contributed by atoms with Crippen molar-refractivity contribution in [2.45, 2.75) is 0 Å². The van der Waals surface area contributed by atoms with Gasteiger partial charge in [-0.05, 0) is 58.7 Å². The number of aliphatic imine (C=N–C) groups is 2. The van der Waals surface area contributed by atoms with Crippen molar-refractivity contribution in [3.8, 4) is 22.3 Å². The number of hydrogen-bond donors (Lipinski definition) is 1. The van der Waals surface area contributed by atoms with Gasteiger partial charge < -0.3 is 8.83 Å². The van der Waals surface area contributed by atoms with E-state index in [9.17, 15) is 5.41 Å². The van der Waals surface area contributed by atoms with Crippen LogP contribution >= 0.6 is 11.3 Å². The normalized spacial score (nSPS) is 12.3. The summed E-state index contributed by atoms with van der Waals surface area (Å²) in [4.78, 5) is 9.82. The largest absolute Gasteiger partial charge is 0.456 e. The van der Waals surface area contributed by atoms with Crippen LogP contribution in [0.4, 0.5) is 0 Å². The lowest BCUT2D eigenvalue weighted by Gasteiger charge is -2.07. The molecule has 6 heteroatoms. The van der Waals surface area contributed by atoms with E-state index in [1.165, 1.54) is 15.5 Å². The zero-order valence-corrected chi connectivity index (χ0v) is 31.3. The number of hydrogen-bond acceptors (Lipinski definition) is 4. The van der Waals surface area contributed by atoms with Crippen molar-refractivity contribution in [2.24, 2.45) is 9.98 Å². The van der Waals surface area contributed by atoms with Gasteiger partial charge in [0.2, 0.25) is 0 Å². The topological polar surface area (TPSA) is 74.8 Å². The highest BCUT2D eigenvalue weighted by molar-refractivity contribution is 7.25. The Bertz CT molecular complexity index is 3420. The zero-order chi connectivity index (χ0) is 37.9. The number of amidine groups is 2. The standard InChI is InChI=1S/C51H31N3O2S/c52-50(36-24-25-40-39-15-5-7-19-47(39)57-48(40)27-36)54-51(53-30-31-10-8-13-35(26-31)32-11-2-1-3-12-32)34-22-20-33(21-23-34)37-16-9-17-41-43-29-45-42(28-46(43)56-49(37)41)38-14-4-6-18-44(38)55-45/h1-30,52H. The summed E-state index contributed by atoms with van der Waals surface area (Å²) >= 11 is 1.73. The summed E-state index contributed by atoms with van der Waals surface area (Å²) in [6, 6.07) is 59.9. The van der Waals surface area contributed by atoms with Crippen molar-refractivity contribution in [3.05, 3.63) is 193 Å². The highest BCUT2D eigenvalue weighted by atomic mass is 32.1. The first-order chi connectivity index (χ1) is 28.1. The van der Waals surface area contributed by atoms with E-state index in [1.54, 1.807) is 11.3 Å². The number of nitrogens with zero attached hydrogens (tertiary/aromatic N) is 2. The molecule has 0 aliphatic carbocycles. The van der Waals surface area contributed by atoms with Gasteiger partial charge >= 0.3 is 0 Å². The van der Waals surface area contributed by atoms with Gasteiger partial charge in [-0.1, -0.05) is 140 Å². The third-order valence-corrected chi connectivity index (χ3v) is 11.8. The van der Waals surface area contributed by atoms with Crippen LogP contribution in [-0.4, -0.2) is 17.9 Å². The Morgan fingerprint density at radius 3 is 2.04 bits per heavy atom. The fourth-order valence-electron chi connectivity index (χ4n) is 7.82. The maximum absolute atomic E-state index is 9.18. The predicted octanol–water partition coefficient (Wildman–Crippen LogP) is 14.1. The highest BCUT2D eigenvalue weighted by Crippen LogP contribution is 2.40. The minimum atomic E-state index is 0.147. The summed E-state index contributed by atoms with van der Waals surface area (Å²) in [7, 11) is 0. The molecule has 8 aromatic carbocycles. The van der Waals surface area contributed by atoms with Crippen LogP contribution < -0.4 is 0 Å². The van der Waals surface area contributed by atoms with Crippen molar-refractivity contribution >= 4 is 93.3 Å². The number of nitrogens with one attached hydrogen (secondary N) is 1. The van der Waals surface area contributed by atoms with Crippen molar-refractivity contribution in [2.75, 3.05) is 0 Å². The maximum atomic E-state index is 9.18. The molecule has 0 aliphatic rings. The molecule has 3 aromatic heterocycles. The molecule has 0 fully saturated rings. The highest BCUT2D eigenvalue weighted by Gasteiger charge is 2.17. The van der Waals surface area contributed by atoms with Gasteiger partial charge in [0, 0.05) is 64.6 Å². The molecule has 0 bridgehead atoms. The molecular weight excluding hydrogens is 719 g/mol. The van der Waals surface area contributed by atoms with Gasteiger partial charge in [0.15, 0.2) is 11.7 Å². The van der Waals surface area contributed by atoms with E-state index in [1.807, 2.05) is 72.9 Å². The zero-order valence-electron chi connectivity index (χ0n) is 30.4. The monoisotopic (exact) mass is 749 g/mol. The number of furan rings is 2. The molecule has 3 heterocycles. The SMILES string of the molecule is N=C(N=C(N=Cc1cccc(-c2ccccc2)c1)c1ccc(-c2cccc3c2oc2cc4c(cc23)oc2ccccc24)cc1)c1ccc2c(c1)sc1ccccc12. The second-order valence-corrected chi connectivity index (χ2v) is 15.2. The van der Waals surface area contributed by atoms with Crippen LogP contribution in [0.2, 0.25) is 0 Å². The fraction of sp³-hybridized carbons (Fsp3) is 0. The smallest absolute Gasteiger partial charge is 0.161 e. The number of benzene rings is 8. The molecule has 0 aliphatic heterocycles. The summed E-state index contributed by atoms with van der Waals surface area (Å²) in [5, 5.41) is 15.7. The number of rotatable bonds is 5. The van der Waals surface area contributed by atoms with Gasteiger partial charge in [-0.3, -0.25) is 5.41 Å². The van der Waals surface area contributed by atoms with Crippen LogP contribution in [0.5, 0.6) is 0 Å². The van der Waals surface area contributed by atoms with Crippen molar-refractivity contribution < 1.29 is 8.83 Å². The van der Waals surface area contributed by atoms with Crippen molar-refractivity contribution in [1.82, 2.24) is 0 Å². The van der Waals surface area contributed by atoms with E-state index in [2.05, 4.69) is 109 Å². The minimum Gasteiger partial charge on any atom is -0.456 e.